The molecule has 0 spiro atoms. The molecule has 7 aromatic carbocycles. The summed E-state index contributed by atoms with van der Waals surface area (Å²) in [6.07, 6.45) is 1.72. The fourth-order valence-corrected chi connectivity index (χ4v) is 7.17. The normalized spacial score (nSPS) is 12.2. The molecule has 3 heteroatoms. The zero-order valence-corrected chi connectivity index (χ0v) is 22.9. The zero-order valence-electron chi connectivity index (χ0n) is 22.9. The highest BCUT2D eigenvalue weighted by molar-refractivity contribution is 6.28. The molecule has 3 heterocycles. The van der Waals surface area contributed by atoms with Crippen LogP contribution in [0.25, 0.3) is 98.6 Å². The molecule has 0 radical (unpaired) electrons. The van der Waals surface area contributed by atoms with E-state index in [2.05, 4.69) is 109 Å². The van der Waals surface area contributed by atoms with Crippen molar-refractivity contribution >= 4 is 76.4 Å². The number of para-hydroxylation sites is 2. The third-order valence-electron chi connectivity index (χ3n) is 8.96. The molecule has 0 amide bonds. The van der Waals surface area contributed by atoms with Gasteiger partial charge in [-0.2, -0.15) is 0 Å². The summed E-state index contributed by atoms with van der Waals surface area (Å²) in [5, 5.41) is 10.2. The van der Waals surface area contributed by atoms with Gasteiger partial charge in [0.25, 0.3) is 0 Å². The van der Waals surface area contributed by atoms with Crippen LogP contribution in [0.1, 0.15) is 0 Å². The molecule has 0 saturated heterocycles. The second-order valence-corrected chi connectivity index (χ2v) is 11.2. The molecule has 3 nitrogen and oxygen atoms in total. The first kappa shape index (κ1) is 22.8. The molecule has 3 aromatic heterocycles. The summed E-state index contributed by atoms with van der Waals surface area (Å²) in [6, 6.07) is 44.9. The van der Waals surface area contributed by atoms with Crippen molar-refractivity contribution in [3.63, 3.8) is 0 Å². The first-order chi connectivity index (χ1) is 21.3. The molecule has 10 aromatic rings. The largest absolute Gasteiger partial charge is 0.460 e. The van der Waals surface area contributed by atoms with E-state index in [0.29, 0.717) is 0 Å². The Morgan fingerprint density at radius 1 is 0.349 bits per heavy atom. The average molecular weight is 551 g/mol. The van der Waals surface area contributed by atoms with Crippen LogP contribution in [-0.2, 0) is 0 Å². The van der Waals surface area contributed by atoms with Crippen LogP contribution in [0.2, 0.25) is 0 Å². The van der Waals surface area contributed by atoms with Gasteiger partial charge >= 0.3 is 0 Å². The van der Waals surface area contributed by atoms with Gasteiger partial charge in [-0.05, 0) is 56.9 Å². The number of benzene rings is 7. The van der Waals surface area contributed by atoms with Gasteiger partial charge in [0.2, 0.25) is 0 Å². The van der Waals surface area contributed by atoms with Crippen molar-refractivity contribution in [2.45, 2.75) is 0 Å². The van der Waals surface area contributed by atoms with E-state index >= 15 is 0 Å². The van der Waals surface area contributed by atoms with Crippen LogP contribution >= 0.6 is 0 Å². The van der Waals surface area contributed by atoms with E-state index in [9.17, 15) is 0 Å². The summed E-state index contributed by atoms with van der Waals surface area (Å²) >= 11 is 0. The Bertz CT molecular complexity index is 2680. The molecule has 0 atom stereocenters. The van der Waals surface area contributed by atoms with Gasteiger partial charge in [0.1, 0.15) is 16.7 Å². The minimum absolute atomic E-state index is 0.781. The summed E-state index contributed by atoms with van der Waals surface area (Å²) in [5.74, 6) is 0. The van der Waals surface area contributed by atoms with Crippen molar-refractivity contribution in [2.24, 2.45) is 0 Å². The molecule has 200 valence electrons. The van der Waals surface area contributed by atoms with Gasteiger partial charge in [0.05, 0.1) is 6.26 Å². The molecule has 0 unspecified atom stereocenters. The van der Waals surface area contributed by atoms with Gasteiger partial charge in [0.15, 0.2) is 11.2 Å². The number of hydrogen-bond donors (Lipinski definition) is 0. The maximum absolute atomic E-state index is 6.55. The monoisotopic (exact) mass is 550 g/mol. The van der Waals surface area contributed by atoms with Crippen molar-refractivity contribution in [1.82, 2.24) is 0 Å². The van der Waals surface area contributed by atoms with E-state index in [4.69, 9.17) is 13.3 Å². The number of fused-ring (bicyclic) bond motifs is 10. The molecule has 0 aliphatic rings. The van der Waals surface area contributed by atoms with Gasteiger partial charge in [-0.3, -0.25) is 0 Å². The highest BCUT2D eigenvalue weighted by Gasteiger charge is 2.23. The van der Waals surface area contributed by atoms with E-state index in [-0.39, 0.29) is 0 Å². The van der Waals surface area contributed by atoms with Crippen molar-refractivity contribution < 1.29 is 13.3 Å². The predicted octanol–water partition coefficient (Wildman–Crippen LogP) is 11.9. The second-order valence-electron chi connectivity index (χ2n) is 11.2. The standard InChI is InChI=1S/C40H22O3/c1-3-12-27-25(10-1)35(30-15-8-18-34-37(30)32-20-19-23-21-22-41-38(23)40(32)43-34)26-11-2-4-13-28(26)36(27)31-16-7-14-29-24-9-5-6-17-33(24)42-39(29)31/h1-22H. The summed E-state index contributed by atoms with van der Waals surface area (Å²) < 4.78 is 18.9. The molecule has 0 fully saturated rings. The number of rotatable bonds is 2. The summed E-state index contributed by atoms with van der Waals surface area (Å²) in [4.78, 5) is 0. The average Bonchev–Trinajstić information content (AvgIpc) is 3.79. The van der Waals surface area contributed by atoms with E-state index in [1.165, 1.54) is 32.7 Å². The molecular weight excluding hydrogens is 528 g/mol. The first-order valence-corrected chi connectivity index (χ1v) is 14.5. The molecule has 0 N–H and O–H groups in total. The van der Waals surface area contributed by atoms with E-state index in [0.717, 1.165) is 66.0 Å². The molecule has 0 saturated carbocycles. The predicted molar refractivity (Wildman–Crippen MR) is 177 cm³/mol. The van der Waals surface area contributed by atoms with Crippen molar-refractivity contribution in [2.75, 3.05) is 0 Å². The molecule has 43 heavy (non-hydrogen) atoms. The highest BCUT2D eigenvalue weighted by atomic mass is 16.4. The molecule has 0 aliphatic carbocycles. The second kappa shape index (κ2) is 8.37. The third kappa shape index (κ3) is 3.03. The Kier molecular flexibility index (Phi) is 4.45. The molecular formula is C40H22O3. The maximum Gasteiger partial charge on any atom is 0.178 e. The lowest BCUT2D eigenvalue weighted by Crippen LogP contribution is -1.91. The maximum atomic E-state index is 6.55. The van der Waals surface area contributed by atoms with E-state index in [1.807, 2.05) is 18.2 Å². The minimum Gasteiger partial charge on any atom is -0.460 e. The fraction of sp³-hybridized carbons (Fsp3) is 0. The van der Waals surface area contributed by atoms with Crippen LogP contribution in [0.3, 0.4) is 0 Å². The number of furan rings is 3. The van der Waals surface area contributed by atoms with Gasteiger partial charge < -0.3 is 13.3 Å². The summed E-state index contributed by atoms with van der Waals surface area (Å²) in [6.45, 7) is 0. The van der Waals surface area contributed by atoms with Crippen LogP contribution in [0, 0.1) is 0 Å². The van der Waals surface area contributed by atoms with E-state index in [1.54, 1.807) is 6.26 Å². The first-order valence-electron chi connectivity index (χ1n) is 14.5. The zero-order chi connectivity index (χ0) is 28.1. The minimum atomic E-state index is 0.781. The van der Waals surface area contributed by atoms with Gasteiger partial charge in [-0.25, -0.2) is 0 Å². The van der Waals surface area contributed by atoms with Crippen LogP contribution < -0.4 is 0 Å². The Labute approximate surface area is 245 Å². The Balaban J connectivity index is 1.37. The Hall–Kier alpha value is -5.80. The van der Waals surface area contributed by atoms with Gasteiger partial charge in [-0.1, -0.05) is 103 Å². The smallest absolute Gasteiger partial charge is 0.178 e. The SMILES string of the molecule is c1ccc2c(c1)oc1c(-c3c4ccccc4c(-c4cccc5oc6c(ccc7ccoc76)c45)c4ccccc34)cccc12. The fourth-order valence-electron chi connectivity index (χ4n) is 7.17. The molecule has 0 aliphatic heterocycles. The molecule has 10 rings (SSSR count). The lowest BCUT2D eigenvalue weighted by Gasteiger charge is -2.18. The highest BCUT2D eigenvalue weighted by Crippen LogP contribution is 2.49. The summed E-state index contributed by atoms with van der Waals surface area (Å²) in [5.41, 5.74) is 8.84. The van der Waals surface area contributed by atoms with Crippen LogP contribution in [0.5, 0.6) is 0 Å². The van der Waals surface area contributed by atoms with Crippen molar-refractivity contribution in [3.05, 3.63) is 134 Å². The Morgan fingerprint density at radius 3 is 1.70 bits per heavy atom. The summed E-state index contributed by atoms with van der Waals surface area (Å²) in [7, 11) is 0. The number of hydrogen-bond acceptors (Lipinski definition) is 3. The van der Waals surface area contributed by atoms with Gasteiger partial charge in [-0.15, -0.1) is 0 Å². The van der Waals surface area contributed by atoms with Crippen molar-refractivity contribution in [1.29, 1.82) is 0 Å². The lowest BCUT2D eigenvalue weighted by atomic mass is 9.84. The lowest BCUT2D eigenvalue weighted by molar-refractivity contribution is 0.600. The quantitative estimate of drug-likeness (QED) is 0.201. The molecule has 0 bridgehead atoms. The third-order valence-corrected chi connectivity index (χ3v) is 8.96. The van der Waals surface area contributed by atoms with E-state index < -0.39 is 0 Å². The van der Waals surface area contributed by atoms with Crippen LogP contribution in [-0.4, -0.2) is 0 Å². The van der Waals surface area contributed by atoms with Gasteiger partial charge in [0, 0.05) is 38.1 Å². The van der Waals surface area contributed by atoms with Crippen LogP contribution in [0.15, 0.2) is 147 Å². The van der Waals surface area contributed by atoms with Crippen molar-refractivity contribution in [3.8, 4) is 22.3 Å². The topological polar surface area (TPSA) is 39.4 Å². The Morgan fingerprint density at radius 2 is 0.930 bits per heavy atom. The van der Waals surface area contributed by atoms with Crippen LogP contribution in [0.4, 0.5) is 0 Å².